The number of thioether (sulfide) groups is 1. The molecule has 0 N–H and O–H groups in total. The van der Waals surface area contributed by atoms with Crippen LogP contribution >= 0.6 is 39.3 Å². The molecule has 0 unspecified atom stereocenters. The van der Waals surface area contributed by atoms with E-state index in [0.717, 1.165) is 32.5 Å². The van der Waals surface area contributed by atoms with Gasteiger partial charge in [0.05, 0.1) is 17.8 Å². The molecule has 4 nitrogen and oxygen atoms in total. The van der Waals surface area contributed by atoms with Crippen molar-refractivity contribution in [1.82, 2.24) is 14.8 Å². The molecule has 4 aromatic rings. The lowest BCUT2D eigenvalue weighted by Gasteiger charge is -2.12. The highest BCUT2D eigenvalue weighted by Crippen LogP contribution is 2.33. The van der Waals surface area contributed by atoms with Crippen molar-refractivity contribution >= 4 is 39.3 Å². The Kier molecular flexibility index (Phi) is 6.23. The van der Waals surface area contributed by atoms with Crippen molar-refractivity contribution in [2.45, 2.75) is 10.9 Å². The maximum atomic E-state index is 6.39. The van der Waals surface area contributed by atoms with Gasteiger partial charge in [-0.25, -0.2) is 0 Å². The Bertz CT molecular complexity index is 1120. The molecule has 7 heteroatoms. The molecule has 0 aliphatic carbocycles. The van der Waals surface area contributed by atoms with Crippen molar-refractivity contribution in [1.29, 1.82) is 0 Å². The van der Waals surface area contributed by atoms with Crippen LogP contribution in [0, 0.1) is 0 Å². The molecule has 0 fully saturated rings. The van der Waals surface area contributed by atoms with Gasteiger partial charge in [-0.05, 0) is 35.9 Å². The molecule has 1 aromatic heterocycles. The summed E-state index contributed by atoms with van der Waals surface area (Å²) < 4.78 is 8.39. The van der Waals surface area contributed by atoms with Gasteiger partial charge in [0.1, 0.15) is 5.75 Å². The maximum Gasteiger partial charge on any atom is 0.196 e. The van der Waals surface area contributed by atoms with Crippen LogP contribution in [-0.4, -0.2) is 21.9 Å². The summed E-state index contributed by atoms with van der Waals surface area (Å²) >= 11 is 11.5. The summed E-state index contributed by atoms with van der Waals surface area (Å²) in [7, 11) is 1.61. The zero-order valence-corrected chi connectivity index (χ0v) is 18.7. The molecule has 1 heterocycles. The molecule has 146 valence electrons. The van der Waals surface area contributed by atoms with Crippen molar-refractivity contribution < 1.29 is 4.74 Å². The Hall–Kier alpha value is -2.28. The predicted octanol–water partition coefficient (Wildman–Crippen LogP) is 6.65. The predicted molar refractivity (Wildman–Crippen MR) is 122 cm³/mol. The number of rotatable bonds is 6. The van der Waals surface area contributed by atoms with Gasteiger partial charge in [0.15, 0.2) is 11.0 Å². The number of hydrogen-bond donors (Lipinski definition) is 0. The van der Waals surface area contributed by atoms with E-state index in [2.05, 4.69) is 38.3 Å². The smallest absolute Gasteiger partial charge is 0.196 e. The first-order valence-corrected chi connectivity index (χ1v) is 11.0. The lowest BCUT2D eigenvalue weighted by molar-refractivity contribution is 0.415. The molecule has 4 rings (SSSR count). The topological polar surface area (TPSA) is 39.9 Å². The number of aromatic nitrogens is 3. The van der Waals surface area contributed by atoms with E-state index in [-0.39, 0.29) is 0 Å². The minimum absolute atomic E-state index is 0.543. The highest BCUT2D eigenvalue weighted by atomic mass is 79.9. The molecule has 0 saturated heterocycles. The maximum absolute atomic E-state index is 6.39. The molecule has 0 aliphatic heterocycles. The summed E-state index contributed by atoms with van der Waals surface area (Å²) in [6.45, 7) is 0. The standard InChI is InChI=1S/C22H17BrClN3OS/c1-28-20-12-11-18(13-19(20)24)27-21(16-5-3-2-4-6-16)25-26-22(27)29-14-15-7-9-17(23)10-8-15/h2-13H,14H2,1H3. The van der Waals surface area contributed by atoms with Crippen LogP contribution in [0.4, 0.5) is 0 Å². The quantitative estimate of drug-likeness (QED) is 0.286. The van der Waals surface area contributed by atoms with Crippen molar-refractivity contribution in [3.63, 3.8) is 0 Å². The van der Waals surface area contributed by atoms with Crippen LogP contribution in [-0.2, 0) is 5.75 Å². The summed E-state index contributed by atoms with van der Waals surface area (Å²) in [6, 6.07) is 24.0. The zero-order chi connectivity index (χ0) is 20.2. The molecule has 0 atom stereocenters. The van der Waals surface area contributed by atoms with Crippen molar-refractivity contribution in [3.05, 3.63) is 87.9 Å². The van der Waals surface area contributed by atoms with Crippen molar-refractivity contribution in [3.8, 4) is 22.8 Å². The van der Waals surface area contributed by atoms with Gasteiger partial charge in [-0.2, -0.15) is 0 Å². The summed E-state index contributed by atoms with van der Waals surface area (Å²) in [5.74, 6) is 2.18. The molecule has 29 heavy (non-hydrogen) atoms. The molecule has 0 aliphatic rings. The zero-order valence-electron chi connectivity index (χ0n) is 15.5. The van der Waals surface area contributed by atoms with E-state index in [1.54, 1.807) is 18.9 Å². The Morgan fingerprint density at radius 3 is 2.45 bits per heavy atom. The van der Waals surface area contributed by atoms with E-state index >= 15 is 0 Å². The number of benzene rings is 3. The first-order valence-electron chi connectivity index (χ1n) is 8.87. The van der Waals surface area contributed by atoms with Crippen LogP contribution in [0.3, 0.4) is 0 Å². The first kappa shape index (κ1) is 20.0. The normalized spacial score (nSPS) is 10.9. The molecule has 0 radical (unpaired) electrons. The first-order chi connectivity index (χ1) is 14.2. The second-order valence-electron chi connectivity index (χ2n) is 6.24. The summed E-state index contributed by atoms with van der Waals surface area (Å²) in [4.78, 5) is 0. The summed E-state index contributed by atoms with van der Waals surface area (Å²) in [5, 5.41) is 10.3. The van der Waals surface area contributed by atoms with Crippen LogP contribution in [0.5, 0.6) is 5.75 Å². The van der Waals surface area contributed by atoms with E-state index in [4.69, 9.17) is 16.3 Å². The fraction of sp³-hybridized carbons (Fsp3) is 0.0909. The van der Waals surface area contributed by atoms with Gasteiger partial charge in [-0.1, -0.05) is 81.8 Å². The van der Waals surface area contributed by atoms with Crippen molar-refractivity contribution in [2.24, 2.45) is 0 Å². The van der Waals surface area contributed by atoms with Crippen LogP contribution in [0.25, 0.3) is 17.1 Å². The van der Waals surface area contributed by atoms with E-state index in [0.29, 0.717) is 10.8 Å². The Balaban J connectivity index is 1.74. The molecule has 0 saturated carbocycles. The minimum atomic E-state index is 0.543. The second kappa shape index (κ2) is 9.03. The number of methoxy groups -OCH3 is 1. The number of nitrogens with zero attached hydrogens (tertiary/aromatic N) is 3. The Morgan fingerprint density at radius 1 is 1.00 bits per heavy atom. The largest absolute Gasteiger partial charge is 0.495 e. The average molecular weight is 487 g/mol. The minimum Gasteiger partial charge on any atom is -0.495 e. The molecular formula is C22H17BrClN3OS. The lowest BCUT2D eigenvalue weighted by atomic mass is 10.2. The van der Waals surface area contributed by atoms with Gasteiger partial charge in [0.25, 0.3) is 0 Å². The molecule has 3 aromatic carbocycles. The number of halogens is 2. The Labute approximate surface area is 187 Å². The number of hydrogen-bond acceptors (Lipinski definition) is 4. The molecular weight excluding hydrogens is 470 g/mol. The van der Waals surface area contributed by atoms with Gasteiger partial charge in [-0.3, -0.25) is 4.57 Å². The van der Waals surface area contributed by atoms with E-state index < -0.39 is 0 Å². The van der Waals surface area contributed by atoms with E-state index in [9.17, 15) is 0 Å². The van der Waals surface area contributed by atoms with Crippen LogP contribution < -0.4 is 4.74 Å². The van der Waals surface area contributed by atoms with Gasteiger partial charge in [0, 0.05) is 15.8 Å². The molecule has 0 spiro atoms. The third-order valence-electron chi connectivity index (χ3n) is 4.34. The van der Waals surface area contributed by atoms with Gasteiger partial charge in [-0.15, -0.1) is 10.2 Å². The third kappa shape index (κ3) is 4.50. The van der Waals surface area contributed by atoms with Gasteiger partial charge < -0.3 is 4.74 Å². The van der Waals surface area contributed by atoms with Crippen LogP contribution in [0.2, 0.25) is 5.02 Å². The van der Waals surface area contributed by atoms with E-state index in [1.807, 2.05) is 65.2 Å². The second-order valence-corrected chi connectivity index (χ2v) is 8.51. The highest BCUT2D eigenvalue weighted by molar-refractivity contribution is 9.10. The molecule has 0 amide bonds. The third-order valence-corrected chi connectivity index (χ3v) is 6.16. The SMILES string of the molecule is COc1ccc(-n2c(SCc3ccc(Br)cc3)nnc2-c2ccccc2)cc1Cl. The fourth-order valence-corrected chi connectivity index (χ4v) is 4.32. The van der Waals surface area contributed by atoms with Gasteiger partial charge >= 0.3 is 0 Å². The lowest BCUT2D eigenvalue weighted by Crippen LogP contribution is -2.00. The van der Waals surface area contributed by atoms with E-state index in [1.165, 1.54) is 5.56 Å². The fourth-order valence-electron chi connectivity index (χ4n) is 2.89. The molecule has 0 bridgehead atoms. The monoisotopic (exact) mass is 485 g/mol. The summed E-state index contributed by atoms with van der Waals surface area (Å²) in [6.07, 6.45) is 0. The van der Waals surface area contributed by atoms with Crippen LogP contribution in [0.15, 0.2) is 82.4 Å². The number of ether oxygens (including phenoxy) is 1. The summed E-state index contributed by atoms with van der Waals surface area (Å²) in [5.41, 5.74) is 3.09. The van der Waals surface area contributed by atoms with Crippen LogP contribution in [0.1, 0.15) is 5.56 Å². The van der Waals surface area contributed by atoms with Gasteiger partial charge in [0.2, 0.25) is 0 Å². The highest BCUT2D eigenvalue weighted by Gasteiger charge is 2.17. The van der Waals surface area contributed by atoms with Crippen molar-refractivity contribution in [2.75, 3.05) is 7.11 Å². The average Bonchev–Trinajstić information content (AvgIpc) is 3.18. The Morgan fingerprint density at radius 2 is 1.76 bits per heavy atom.